The van der Waals surface area contributed by atoms with E-state index in [1.807, 2.05) is 25.9 Å². The van der Waals surface area contributed by atoms with Gasteiger partial charge in [0.15, 0.2) is 11.5 Å². The number of nitrogens with zero attached hydrogens (tertiary/aromatic N) is 3. The first-order valence-corrected chi connectivity index (χ1v) is 9.63. The molecule has 0 fully saturated rings. The number of nitrogens with one attached hydrogen (secondary N) is 1. The molecule has 2 aromatic rings. The fourth-order valence-electron chi connectivity index (χ4n) is 2.66. The SMILES string of the molecule is CCN(CCN(C)C)C(=O)CNCc1cc(C(=O)Oc2c(O)cccc2O)ccn1. The summed E-state index contributed by atoms with van der Waals surface area (Å²) < 4.78 is 5.10. The molecule has 1 aromatic heterocycles. The summed E-state index contributed by atoms with van der Waals surface area (Å²) in [6.45, 7) is 4.46. The van der Waals surface area contributed by atoms with E-state index in [9.17, 15) is 19.8 Å². The fourth-order valence-corrected chi connectivity index (χ4v) is 2.66. The van der Waals surface area contributed by atoms with Crippen molar-refractivity contribution in [3.63, 3.8) is 0 Å². The molecule has 1 heterocycles. The molecule has 1 aromatic carbocycles. The molecule has 9 heteroatoms. The third kappa shape index (κ3) is 6.71. The van der Waals surface area contributed by atoms with E-state index >= 15 is 0 Å². The number of phenolic OH excluding ortho intramolecular Hbond substituents is 2. The van der Waals surface area contributed by atoms with E-state index in [0.29, 0.717) is 25.3 Å². The van der Waals surface area contributed by atoms with Gasteiger partial charge in [0.25, 0.3) is 0 Å². The van der Waals surface area contributed by atoms with Crippen LogP contribution in [0.2, 0.25) is 0 Å². The number of phenols is 2. The van der Waals surface area contributed by atoms with Crippen molar-refractivity contribution in [2.45, 2.75) is 13.5 Å². The van der Waals surface area contributed by atoms with E-state index in [1.165, 1.54) is 36.5 Å². The van der Waals surface area contributed by atoms with Gasteiger partial charge in [-0.15, -0.1) is 0 Å². The quantitative estimate of drug-likeness (QED) is 0.391. The van der Waals surface area contributed by atoms with E-state index in [-0.39, 0.29) is 35.3 Å². The summed E-state index contributed by atoms with van der Waals surface area (Å²) in [6.07, 6.45) is 1.45. The number of esters is 1. The molecule has 0 bridgehead atoms. The van der Waals surface area contributed by atoms with Crippen molar-refractivity contribution in [1.29, 1.82) is 0 Å². The first-order chi connectivity index (χ1) is 14.3. The predicted molar refractivity (Wildman–Crippen MR) is 111 cm³/mol. The van der Waals surface area contributed by atoms with Crippen LogP contribution >= 0.6 is 0 Å². The van der Waals surface area contributed by atoms with Crippen LogP contribution in [0.3, 0.4) is 0 Å². The second-order valence-electron chi connectivity index (χ2n) is 6.93. The number of likely N-dealkylation sites (N-methyl/N-ethyl adjacent to an activating group) is 2. The lowest BCUT2D eigenvalue weighted by atomic mass is 10.2. The highest BCUT2D eigenvalue weighted by molar-refractivity contribution is 5.91. The Hall–Kier alpha value is -3.17. The topological polar surface area (TPSA) is 115 Å². The molecule has 0 saturated carbocycles. The van der Waals surface area contributed by atoms with Crippen LogP contribution in [-0.2, 0) is 11.3 Å². The predicted octanol–water partition coefficient (Wildman–Crippen LogP) is 1.21. The van der Waals surface area contributed by atoms with E-state index in [1.54, 1.807) is 4.90 Å². The number of hydrogen-bond acceptors (Lipinski definition) is 8. The summed E-state index contributed by atoms with van der Waals surface area (Å²) in [5.41, 5.74) is 0.757. The molecule has 9 nitrogen and oxygen atoms in total. The lowest BCUT2D eigenvalue weighted by Gasteiger charge is -2.23. The third-order valence-electron chi connectivity index (χ3n) is 4.35. The lowest BCUT2D eigenvalue weighted by Crippen LogP contribution is -2.41. The number of carbonyl (C=O) groups excluding carboxylic acids is 2. The fraction of sp³-hybridized carbons (Fsp3) is 0.381. The number of aromatic nitrogens is 1. The average Bonchev–Trinajstić information content (AvgIpc) is 2.71. The molecule has 0 aliphatic carbocycles. The van der Waals surface area contributed by atoms with Crippen LogP contribution in [0.5, 0.6) is 17.2 Å². The van der Waals surface area contributed by atoms with Crippen molar-refractivity contribution in [2.75, 3.05) is 40.3 Å². The van der Waals surface area contributed by atoms with Crippen LogP contribution in [-0.4, -0.2) is 77.1 Å². The Morgan fingerprint density at radius 2 is 1.83 bits per heavy atom. The Morgan fingerprint density at radius 3 is 2.47 bits per heavy atom. The van der Waals surface area contributed by atoms with Gasteiger partial charge in [-0.1, -0.05) is 6.07 Å². The molecule has 1 amide bonds. The molecule has 30 heavy (non-hydrogen) atoms. The van der Waals surface area contributed by atoms with Gasteiger partial charge in [0.1, 0.15) is 0 Å². The van der Waals surface area contributed by atoms with Crippen LogP contribution < -0.4 is 10.1 Å². The first kappa shape index (κ1) is 23.1. The lowest BCUT2D eigenvalue weighted by molar-refractivity contribution is -0.130. The zero-order valence-electron chi connectivity index (χ0n) is 17.5. The van der Waals surface area contributed by atoms with Gasteiger partial charge in [-0.3, -0.25) is 9.78 Å². The number of pyridine rings is 1. The summed E-state index contributed by atoms with van der Waals surface area (Å²) >= 11 is 0. The summed E-state index contributed by atoms with van der Waals surface area (Å²) in [4.78, 5) is 32.6. The minimum Gasteiger partial charge on any atom is -0.504 e. The summed E-state index contributed by atoms with van der Waals surface area (Å²) in [7, 11) is 3.92. The standard InChI is InChI=1S/C21H28N4O5/c1-4-25(11-10-24(2)3)19(28)14-22-13-16-12-15(8-9-23-16)21(29)30-20-17(26)6-5-7-18(20)27/h5-9,12,22,26-27H,4,10-11,13-14H2,1-3H3. The molecule has 0 aliphatic rings. The van der Waals surface area contributed by atoms with Crippen molar-refractivity contribution >= 4 is 11.9 Å². The van der Waals surface area contributed by atoms with Crippen LogP contribution in [0.15, 0.2) is 36.5 Å². The Balaban J connectivity index is 1.92. The smallest absolute Gasteiger partial charge is 0.343 e. The van der Waals surface area contributed by atoms with Gasteiger partial charge in [-0.25, -0.2) is 4.79 Å². The highest BCUT2D eigenvalue weighted by Crippen LogP contribution is 2.35. The molecule has 0 radical (unpaired) electrons. The van der Waals surface area contributed by atoms with E-state index in [2.05, 4.69) is 10.3 Å². The van der Waals surface area contributed by atoms with Crippen LogP contribution in [0.4, 0.5) is 0 Å². The number of para-hydroxylation sites is 1. The zero-order chi connectivity index (χ0) is 22.1. The normalized spacial score (nSPS) is 10.8. The van der Waals surface area contributed by atoms with Crippen molar-refractivity contribution in [1.82, 2.24) is 20.1 Å². The summed E-state index contributed by atoms with van der Waals surface area (Å²) in [5.74, 6) is -1.74. The summed E-state index contributed by atoms with van der Waals surface area (Å²) in [6, 6.07) is 7.03. The van der Waals surface area contributed by atoms with Gasteiger partial charge in [0, 0.05) is 32.4 Å². The molecule has 0 aliphatic heterocycles. The molecular weight excluding hydrogens is 388 g/mol. The molecule has 0 saturated heterocycles. The Labute approximate surface area is 175 Å². The van der Waals surface area contributed by atoms with E-state index < -0.39 is 5.97 Å². The second-order valence-corrected chi connectivity index (χ2v) is 6.93. The highest BCUT2D eigenvalue weighted by Gasteiger charge is 2.16. The van der Waals surface area contributed by atoms with E-state index in [4.69, 9.17) is 4.74 Å². The van der Waals surface area contributed by atoms with Gasteiger partial charge >= 0.3 is 5.97 Å². The number of rotatable bonds is 10. The Kier molecular flexibility index (Phi) is 8.57. The van der Waals surface area contributed by atoms with Crippen LogP contribution in [0.1, 0.15) is 23.0 Å². The zero-order valence-corrected chi connectivity index (χ0v) is 17.5. The molecule has 0 spiro atoms. The molecule has 162 valence electrons. The van der Waals surface area contributed by atoms with Crippen molar-refractivity contribution < 1.29 is 24.5 Å². The molecule has 2 rings (SSSR count). The van der Waals surface area contributed by atoms with Crippen LogP contribution in [0.25, 0.3) is 0 Å². The van der Waals surface area contributed by atoms with Crippen molar-refractivity contribution in [3.8, 4) is 17.2 Å². The highest BCUT2D eigenvalue weighted by atomic mass is 16.5. The monoisotopic (exact) mass is 416 g/mol. The number of amides is 1. The average molecular weight is 416 g/mol. The van der Waals surface area contributed by atoms with Gasteiger partial charge in [0.2, 0.25) is 11.7 Å². The second kappa shape index (κ2) is 11.1. The molecule has 0 unspecified atom stereocenters. The number of hydrogen-bond donors (Lipinski definition) is 3. The minimum atomic E-state index is -0.743. The van der Waals surface area contributed by atoms with Crippen molar-refractivity contribution in [2.24, 2.45) is 0 Å². The Bertz CT molecular complexity index is 852. The van der Waals surface area contributed by atoms with Gasteiger partial charge in [0.05, 0.1) is 17.8 Å². The maximum Gasteiger partial charge on any atom is 0.343 e. The maximum absolute atomic E-state index is 12.4. The minimum absolute atomic E-state index is 0.00931. The molecular formula is C21H28N4O5. The van der Waals surface area contributed by atoms with Gasteiger partial charge < -0.3 is 30.1 Å². The van der Waals surface area contributed by atoms with E-state index in [0.717, 1.165) is 6.54 Å². The van der Waals surface area contributed by atoms with Gasteiger partial charge in [-0.05, 0) is 45.3 Å². The largest absolute Gasteiger partial charge is 0.504 e. The third-order valence-corrected chi connectivity index (χ3v) is 4.35. The molecule has 0 atom stereocenters. The van der Waals surface area contributed by atoms with Crippen molar-refractivity contribution in [3.05, 3.63) is 47.8 Å². The van der Waals surface area contributed by atoms with Gasteiger partial charge in [-0.2, -0.15) is 0 Å². The summed E-state index contributed by atoms with van der Waals surface area (Å²) in [5, 5.41) is 22.5. The number of benzene rings is 1. The maximum atomic E-state index is 12.4. The Morgan fingerprint density at radius 1 is 1.13 bits per heavy atom. The number of ether oxygens (including phenoxy) is 1. The number of aromatic hydroxyl groups is 2. The van der Waals surface area contributed by atoms with Crippen LogP contribution in [0, 0.1) is 0 Å². The first-order valence-electron chi connectivity index (χ1n) is 9.63. The number of carbonyl (C=O) groups is 2. The molecule has 3 N–H and O–H groups in total.